The highest BCUT2D eigenvalue weighted by Crippen LogP contribution is 2.30. The number of aromatic nitrogens is 2. The van der Waals surface area contributed by atoms with Crippen LogP contribution in [0.5, 0.6) is 0 Å². The van der Waals surface area contributed by atoms with Crippen molar-refractivity contribution in [3.8, 4) is 0 Å². The minimum Gasteiger partial charge on any atom is -0.349 e. The third kappa shape index (κ3) is 4.69. The molecule has 28 heavy (non-hydrogen) atoms. The van der Waals surface area contributed by atoms with E-state index in [4.69, 9.17) is 0 Å². The highest BCUT2D eigenvalue weighted by Gasteiger charge is 2.21. The number of nitrogens with zero attached hydrogens (tertiary/aromatic N) is 2. The molecule has 1 atom stereocenters. The number of carbonyl (C=O) groups is 1. The van der Waals surface area contributed by atoms with E-state index < -0.39 is 0 Å². The lowest BCUT2D eigenvalue weighted by atomic mass is 9.88. The molecule has 2 N–H and O–H groups in total. The molecule has 4 rings (SSSR count). The summed E-state index contributed by atoms with van der Waals surface area (Å²) in [4.78, 5) is 12.4. The summed E-state index contributed by atoms with van der Waals surface area (Å²) < 4.78 is 13.9. The van der Waals surface area contributed by atoms with Gasteiger partial charge in [0.2, 0.25) is 11.0 Å². The van der Waals surface area contributed by atoms with E-state index in [9.17, 15) is 9.18 Å². The summed E-state index contributed by atoms with van der Waals surface area (Å²) >= 11 is 2.69. The summed E-state index contributed by atoms with van der Waals surface area (Å²) in [7, 11) is 0. The average Bonchev–Trinajstić information content (AvgIpc) is 3.14. The molecule has 1 aromatic heterocycles. The van der Waals surface area contributed by atoms with Crippen molar-refractivity contribution in [2.45, 2.75) is 29.6 Å². The van der Waals surface area contributed by atoms with Crippen molar-refractivity contribution in [2.24, 2.45) is 0 Å². The Hall–Kier alpha value is -2.45. The predicted octanol–water partition coefficient (Wildman–Crippen LogP) is 4.71. The van der Waals surface area contributed by atoms with Crippen molar-refractivity contribution < 1.29 is 9.18 Å². The van der Waals surface area contributed by atoms with Crippen LogP contribution in [0.15, 0.2) is 52.9 Å². The molecule has 1 aliphatic rings. The van der Waals surface area contributed by atoms with Gasteiger partial charge >= 0.3 is 0 Å². The van der Waals surface area contributed by atoms with E-state index in [1.807, 2.05) is 12.1 Å². The lowest BCUT2D eigenvalue weighted by molar-refractivity contribution is -0.119. The zero-order valence-electron chi connectivity index (χ0n) is 15.0. The van der Waals surface area contributed by atoms with Gasteiger partial charge in [-0.25, -0.2) is 4.39 Å². The second-order valence-electron chi connectivity index (χ2n) is 6.51. The summed E-state index contributed by atoms with van der Waals surface area (Å²) in [5.41, 5.74) is 3.16. The molecule has 0 bridgehead atoms. The number of carbonyl (C=O) groups excluding carboxylic acids is 1. The first-order valence-corrected chi connectivity index (χ1v) is 10.8. The second-order valence-corrected chi connectivity index (χ2v) is 8.71. The Morgan fingerprint density at radius 1 is 1.21 bits per heavy atom. The van der Waals surface area contributed by atoms with E-state index in [0.29, 0.717) is 15.2 Å². The number of benzene rings is 2. The van der Waals surface area contributed by atoms with Gasteiger partial charge in [-0.2, -0.15) is 0 Å². The van der Waals surface area contributed by atoms with E-state index >= 15 is 0 Å². The van der Waals surface area contributed by atoms with Crippen LogP contribution in [0.1, 0.15) is 30.0 Å². The Morgan fingerprint density at radius 2 is 2.11 bits per heavy atom. The van der Waals surface area contributed by atoms with Gasteiger partial charge < -0.3 is 10.6 Å². The maximum absolute atomic E-state index is 13.2. The van der Waals surface area contributed by atoms with Crippen molar-refractivity contribution in [3.05, 3.63) is 65.5 Å². The number of aryl methyl sites for hydroxylation is 1. The van der Waals surface area contributed by atoms with Crippen LogP contribution in [0, 0.1) is 5.82 Å². The first-order chi connectivity index (χ1) is 13.7. The molecule has 2 aromatic carbocycles. The largest absolute Gasteiger partial charge is 0.349 e. The molecular formula is C20H19FN4OS2. The van der Waals surface area contributed by atoms with Gasteiger partial charge in [0.25, 0.3) is 0 Å². The van der Waals surface area contributed by atoms with Crippen LogP contribution in [0.25, 0.3) is 0 Å². The molecule has 0 saturated heterocycles. The van der Waals surface area contributed by atoms with E-state index in [0.717, 1.165) is 19.3 Å². The molecule has 0 spiro atoms. The molecule has 8 heteroatoms. The summed E-state index contributed by atoms with van der Waals surface area (Å²) in [6.07, 6.45) is 3.12. The normalized spacial score (nSPS) is 15.7. The predicted molar refractivity (Wildman–Crippen MR) is 111 cm³/mol. The first kappa shape index (κ1) is 18.9. The van der Waals surface area contributed by atoms with Crippen molar-refractivity contribution in [3.63, 3.8) is 0 Å². The summed E-state index contributed by atoms with van der Waals surface area (Å²) in [6.45, 7) is 0. The lowest BCUT2D eigenvalue weighted by Crippen LogP contribution is -2.32. The number of amides is 1. The topological polar surface area (TPSA) is 66.9 Å². The van der Waals surface area contributed by atoms with Gasteiger partial charge in [-0.1, -0.05) is 53.4 Å². The first-order valence-electron chi connectivity index (χ1n) is 9.03. The minimum absolute atomic E-state index is 0.0125. The van der Waals surface area contributed by atoms with E-state index in [1.165, 1.54) is 46.4 Å². The van der Waals surface area contributed by atoms with Crippen LogP contribution in [0.4, 0.5) is 15.2 Å². The van der Waals surface area contributed by atoms with Gasteiger partial charge in [0.05, 0.1) is 11.8 Å². The second kappa shape index (κ2) is 8.70. The summed E-state index contributed by atoms with van der Waals surface area (Å²) in [6, 6.07) is 14.5. The van der Waals surface area contributed by atoms with Gasteiger partial charge in [-0.3, -0.25) is 4.79 Å². The fourth-order valence-corrected chi connectivity index (χ4v) is 4.86. The Morgan fingerprint density at radius 3 is 3.00 bits per heavy atom. The van der Waals surface area contributed by atoms with Crippen LogP contribution in [0.2, 0.25) is 0 Å². The quantitative estimate of drug-likeness (QED) is 0.572. The molecule has 1 heterocycles. The number of rotatable bonds is 6. The highest BCUT2D eigenvalue weighted by molar-refractivity contribution is 8.01. The van der Waals surface area contributed by atoms with Crippen LogP contribution in [-0.4, -0.2) is 21.9 Å². The standard InChI is InChI=1S/C20H19FN4OS2/c21-14-7-4-8-15(11-14)22-19-24-25-20(28-19)27-12-18(26)23-17-10-3-6-13-5-1-2-9-16(13)17/h1-2,4-5,7-9,11,17H,3,6,10,12H2,(H,22,24)(H,23,26)/t17-/m0/s1. The third-order valence-corrected chi connectivity index (χ3v) is 6.49. The van der Waals surface area contributed by atoms with Gasteiger partial charge in [-0.05, 0) is 48.6 Å². The van der Waals surface area contributed by atoms with Crippen molar-refractivity contribution in [2.75, 3.05) is 11.1 Å². The molecule has 0 radical (unpaired) electrons. The number of hydrogen-bond donors (Lipinski definition) is 2. The Bertz CT molecular complexity index is 978. The van der Waals surface area contributed by atoms with Gasteiger partial charge in [0.15, 0.2) is 4.34 Å². The van der Waals surface area contributed by atoms with E-state index in [-0.39, 0.29) is 23.5 Å². The number of halogens is 1. The SMILES string of the molecule is O=C(CSc1nnc(Nc2cccc(F)c2)s1)N[C@H]1CCCc2ccccc21. The number of nitrogens with one attached hydrogen (secondary N) is 2. The molecule has 3 aromatic rings. The zero-order valence-corrected chi connectivity index (χ0v) is 16.7. The Kier molecular flexibility index (Phi) is 5.87. The maximum Gasteiger partial charge on any atom is 0.230 e. The lowest BCUT2D eigenvalue weighted by Gasteiger charge is -2.26. The van der Waals surface area contributed by atoms with Crippen molar-refractivity contribution in [1.29, 1.82) is 0 Å². The maximum atomic E-state index is 13.2. The molecule has 1 aliphatic carbocycles. The zero-order chi connectivity index (χ0) is 19.3. The fraction of sp³-hybridized carbons (Fsp3) is 0.250. The minimum atomic E-state index is -0.315. The van der Waals surface area contributed by atoms with Gasteiger partial charge in [-0.15, -0.1) is 10.2 Å². The fourth-order valence-electron chi connectivity index (χ4n) is 3.28. The Balaban J connectivity index is 1.30. The summed E-state index contributed by atoms with van der Waals surface area (Å²) in [5, 5.41) is 14.9. The number of thioether (sulfide) groups is 1. The van der Waals surface area contributed by atoms with Crippen LogP contribution >= 0.6 is 23.1 Å². The van der Waals surface area contributed by atoms with Crippen LogP contribution in [0.3, 0.4) is 0 Å². The molecular weight excluding hydrogens is 395 g/mol. The number of fused-ring (bicyclic) bond motifs is 1. The van der Waals surface area contributed by atoms with E-state index in [1.54, 1.807) is 12.1 Å². The molecule has 0 aliphatic heterocycles. The van der Waals surface area contributed by atoms with E-state index in [2.05, 4.69) is 33.0 Å². The van der Waals surface area contributed by atoms with Crippen molar-refractivity contribution >= 4 is 39.8 Å². The smallest absolute Gasteiger partial charge is 0.230 e. The Labute approximate surface area is 170 Å². The molecule has 0 unspecified atom stereocenters. The average molecular weight is 415 g/mol. The van der Waals surface area contributed by atoms with Crippen molar-refractivity contribution in [1.82, 2.24) is 15.5 Å². The molecule has 0 saturated carbocycles. The van der Waals surface area contributed by atoms with Gasteiger partial charge in [0, 0.05) is 5.69 Å². The highest BCUT2D eigenvalue weighted by atomic mass is 32.2. The van der Waals surface area contributed by atoms with Crippen LogP contribution < -0.4 is 10.6 Å². The summed E-state index contributed by atoms with van der Waals surface area (Å²) in [5.74, 6) is -0.0422. The molecule has 1 amide bonds. The number of hydrogen-bond acceptors (Lipinski definition) is 6. The van der Waals surface area contributed by atoms with Gasteiger partial charge in [0.1, 0.15) is 5.82 Å². The molecule has 144 valence electrons. The third-order valence-electron chi connectivity index (χ3n) is 4.51. The van der Waals surface area contributed by atoms with Crippen LogP contribution in [-0.2, 0) is 11.2 Å². The number of anilines is 2. The molecule has 5 nitrogen and oxygen atoms in total. The monoisotopic (exact) mass is 414 g/mol. The molecule has 0 fully saturated rings.